The Morgan fingerprint density at radius 1 is 0.919 bits per heavy atom. The van der Waals surface area contributed by atoms with Gasteiger partial charge in [-0.05, 0) is 75.4 Å². The van der Waals surface area contributed by atoms with E-state index in [9.17, 15) is 9.59 Å². The maximum absolute atomic E-state index is 13.7. The van der Waals surface area contributed by atoms with E-state index in [2.05, 4.69) is 23.9 Å². The number of nitrogens with zero attached hydrogens (tertiary/aromatic N) is 4. The molecule has 7 nitrogen and oxygen atoms in total. The predicted octanol–water partition coefficient (Wildman–Crippen LogP) is 6.28. The van der Waals surface area contributed by atoms with Gasteiger partial charge in [-0.1, -0.05) is 57.7 Å². The number of unbranched alkanes of at least 4 members (excludes halogenated alkanes) is 4. The monoisotopic (exact) mass is 499 g/mol. The van der Waals surface area contributed by atoms with E-state index in [1.54, 1.807) is 6.08 Å². The minimum Gasteiger partial charge on any atom is -0.293 e. The SMILES string of the molecule is CCCCCC1=NN(c2cccc(C)c2)C(=O)C1=Cc1c(CCCCC)[nH]n(-c2cccc(C)n2)c1=O. The van der Waals surface area contributed by atoms with Crippen molar-refractivity contribution in [1.29, 1.82) is 0 Å². The molecule has 0 radical (unpaired) electrons. The molecular formula is C30H37N5O2. The molecule has 1 amide bonds. The van der Waals surface area contributed by atoms with Gasteiger partial charge in [0, 0.05) is 11.4 Å². The number of aromatic amines is 1. The first-order valence-electron chi connectivity index (χ1n) is 13.4. The van der Waals surface area contributed by atoms with E-state index >= 15 is 0 Å². The summed E-state index contributed by atoms with van der Waals surface area (Å²) in [6.45, 7) is 8.21. The summed E-state index contributed by atoms with van der Waals surface area (Å²) in [5.41, 5.74) is 4.99. The molecule has 1 aliphatic heterocycles. The minimum atomic E-state index is -0.202. The van der Waals surface area contributed by atoms with Crippen LogP contribution in [0, 0.1) is 13.8 Å². The Morgan fingerprint density at radius 3 is 2.35 bits per heavy atom. The topological polar surface area (TPSA) is 83.3 Å². The molecule has 0 bridgehead atoms. The number of carbonyl (C=O) groups is 1. The lowest BCUT2D eigenvalue weighted by Gasteiger charge is -2.12. The fourth-order valence-corrected chi connectivity index (χ4v) is 4.61. The number of carbonyl (C=O) groups excluding carboxylic acids is 1. The number of amides is 1. The molecular weight excluding hydrogens is 462 g/mol. The van der Waals surface area contributed by atoms with Crippen LogP contribution in [0.15, 0.2) is 57.9 Å². The van der Waals surface area contributed by atoms with Crippen LogP contribution in [-0.4, -0.2) is 26.4 Å². The number of pyridine rings is 1. The Balaban J connectivity index is 1.79. The number of rotatable bonds is 11. The standard InChI is InChI=1S/C30H37N5O2/c1-5-7-9-16-26-24(29(36)34(32-26)23-15-11-13-21(3)19-23)20-25-27(17-10-8-6-2)33-35(30(25)37)28-18-12-14-22(4)31-28/h11-15,18-20,33H,5-10,16-17H2,1-4H3. The van der Waals surface area contributed by atoms with Crippen molar-refractivity contribution >= 4 is 23.4 Å². The number of hydrogen-bond donors (Lipinski definition) is 1. The first-order valence-corrected chi connectivity index (χ1v) is 13.4. The van der Waals surface area contributed by atoms with E-state index in [0.717, 1.165) is 73.3 Å². The third-order valence-corrected chi connectivity index (χ3v) is 6.64. The third-order valence-electron chi connectivity index (χ3n) is 6.64. The molecule has 0 fully saturated rings. The third kappa shape index (κ3) is 5.98. The van der Waals surface area contributed by atoms with Crippen molar-refractivity contribution in [3.05, 3.63) is 80.9 Å². The second kappa shape index (κ2) is 12.0. The van der Waals surface area contributed by atoms with Crippen LogP contribution < -0.4 is 10.6 Å². The van der Waals surface area contributed by atoms with Gasteiger partial charge in [0.15, 0.2) is 5.82 Å². The highest BCUT2D eigenvalue weighted by Crippen LogP contribution is 2.28. The summed E-state index contributed by atoms with van der Waals surface area (Å²) in [6.07, 6.45) is 9.35. The predicted molar refractivity (Wildman–Crippen MR) is 150 cm³/mol. The molecule has 37 heavy (non-hydrogen) atoms. The molecule has 3 aromatic rings. The highest BCUT2D eigenvalue weighted by Gasteiger charge is 2.31. The van der Waals surface area contributed by atoms with Gasteiger partial charge in [-0.15, -0.1) is 0 Å². The van der Waals surface area contributed by atoms with Crippen molar-refractivity contribution in [2.75, 3.05) is 5.01 Å². The number of hydrazone groups is 1. The fraction of sp³-hybridized carbons (Fsp3) is 0.400. The van der Waals surface area contributed by atoms with Crippen LogP contribution in [0.1, 0.15) is 81.3 Å². The summed E-state index contributed by atoms with van der Waals surface area (Å²) < 4.78 is 1.49. The number of anilines is 1. The van der Waals surface area contributed by atoms with Crippen LogP contribution in [0.5, 0.6) is 0 Å². The van der Waals surface area contributed by atoms with E-state index in [1.165, 1.54) is 9.69 Å². The Bertz CT molecular complexity index is 1380. The molecule has 0 aliphatic carbocycles. The zero-order valence-electron chi connectivity index (χ0n) is 22.4. The molecule has 4 rings (SSSR count). The number of nitrogens with one attached hydrogen (secondary N) is 1. The largest absolute Gasteiger partial charge is 0.293 e. The molecule has 0 saturated heterocycles. The fourth-order valence-electron chi connectivity index (χ4n) is 4.61. The van der Waals surface area contributed by atoms with Crippen molar-refractivity contribution in [2.45, 2.75) is 79.1 Å². The lowest BCUT2D eigenvalue weighted by Crippen LogP contribution is -2.22. The maximum Gasteiger partial charge on any atom is 0.280 e. The lowest BCUT2D eigenvalue weighted by molar-refractivity contribution is -0.114. The normalized spacial score (nSPS) is 14.6. The van der Waals surface area contributed by atoms with Crippen molar-refractivity contribution in [3.63, 3.8) is 0 Å². The lowest BCUT2D eigenvalue weighted by atomic mass is 10.0. The van der Waals surface area contributed by atoms with Gasteiger partial charge < -0.3 is 0 Å². The summed E-state index contributed by atoms with van der Waals surface area (Å²) in [6, 6.07) is 13.4. The summed E-state index contributed by atoms with van der Waals surface area (Å²) in [5.74, 6) is 0.347. The van der Waals surface area contributed by atoms with Crippen molar-refractivity contribution in [3.8, 4) is 5.82 Å². The van der Waals surface area contributed by atoms with Crippen LogP contribution in [-0.2, 0) is 11.2 Å². The first kappa shape index (κ1) is 26.3. The molecule has 0 spiro atoms. The van der Waals surface area contributed by atoms with Gasteiger partial charge in [0.25, 0.3) is 11.5 Å². The summed E-state index contributed by atoms with van der Waals surface area (Å²) >= 11 is 0. The number of aryl methyl sites for hydroxylation is 3. The van der Waals surface area contributed by atoms with Gasteiger partial charge in [-0.25, -0.2) is 9.67 Å². The molecule has 194 valence electrons. The van der Waals surface area contributed by atoms with Crippen LogP contribution in [0.4, 0.5) is 5.69 Å². The summed E-state index contributed by atoms with van der Waals surface area (Å²) in [7, 11) is 0. The molecule has 1 aliphatic rings. The molecule has 0 saturated carbocycles. The summed E-state index contributed by atoms with van der Waals surface area (Å²) in [5, 5.41) is 9.51. The molecule has 2 aromatic heterocycles. The molecule has 0 unspecified atom stereocenters. The van der Waals surface area contributed by atoms with Gasteiger partial charge in [0.05, 0.1) is 22.5 Å². The van der Waals surface area contributed by atoms with Crippen molar-refractivity contribution in [1.82, 2.24) is 14.8 Å². The van der Waals surface area contributed by atoms with Gasteiger partial charge in [0.2, 0.25) is 0 Å². The molecule has 1 N–H and O–H groups in total. The van der Waals surface area contributed by atoms with Gasteiger partial charge in [-0.2, -0.15) is 10.1 Å². The van der Waals surface area contributed by atoms with Crippen molar-refractivity contribution in [2.24, 2.45) is 5.10 Å². The van der Waals surface area contributed by atoms with Crippen LogP contribution in [0.25, 0.3) is 11.9 Å². The quantitative estimate of drug-likeness (QED) is 0.249. The van der Waals surface area contributed by atoms with E-state index in [0.29, 0.717) is 23.4 Å². The Kier molecular flexibility index (Phi) is 8.54. The first-order chi connectivity index (χ1) is 17.9. The van der Waals surface area contributed by atoms with Gasteiger partial charge in [-0.3, -0.25) is 14.7 Å². The molecule has 0 atom stereocenters. The molecule has 1 aromatic carbocycles. The number of H-pyrrole nitrogens is 1. The van der Waals surface area contributed by atoms with Gasteiger partial charge >= 0.3 is 0 Å². The Hall–Kier alpha value is -3.74. The highest BCUT2D eigenvalue weighted by atomic mass is 16.2. The number of benzene rings is 1. The Morgan fingerprint density at radius 2 is 1.65 bits per heavy atom. The number of aromatic nitrogens is 3. The Labute approximate surface area is 218 Å². The minimum absolute atomic E-state index is 0.197. The van der Waals surface area contributed by atoms with Crippen LogP contribution >= 0.6 is 0 Å². The molecule has 3 heterocycles. The van der Waals surface area contributed by atoms with E-state index < -0.39 is 0 Å². The summed E-state index contributed by atoms with van der Waals surface area (Å²) in [4.78, 5) is 31.9. The average molecular weight is 500 g/mol. The van der Waals surface area contributed by atoms with E-state index in [1.807, 2.05) is 56.3 Å². The maximum atomic E-state index is 13.7. The number of hydrogen-bond acceptors (Lipinski definition) is 4. The van der Waals surface area contributed by atoms with E-state index in [-0.39, 0.29) is 11.5 Å². The highest BCUT2D eigenvalue weighted by molar-refractivity contribution is 6.32. The second-order valence-electron chi connectivity index (χ2n) is 9.76. The zero-order valence-corrected chi connectivity index (χ0v) is 22.4. The van der Waals surface area contributed by atoms with Gasteiger partial charge in [0.1, 0.15) is 0 Å². The smallest absolute Gasteiger partial charge is 0.280 e. The zero-order chi connectivity index (χ0) is 26.4. The average Bonchev–Trinajstić information content (AvgIpc) is 3.36. The molecule has 7 heteroatoms. The van der Waals surface area contributed by atoms with E-state index in [4.69, 9.17) is 5.10 Å². The van der Waals surface area contributed by atoms with Crippen LogP contribution in [0.3, 0.4) is 0 Å². The van der Waals surface area contributed by atoms with Crippen LogP contribution in [0.2, 0.25) is 0 Å². The van der Waals surface area contributed by atoms with Crippen molar-refractivity contribution < 1.29 is 4.79 Å². The second-order valence-corrected chi connectivity index (χ2v) is 9.76.